The Morgan fingerprint density at radius 1 is 1.16 bits per heavy atom. The molecular weight excluding hydrogens is 437 g/mol. The number of anilines is 1. The van der Waals surface area contributed by atoms with Crippen LogP contribution in [0.2, 0.25) is 0 Å². The second kappa shape index (κ2) is 10.9. The van der Waals surface area contributed by atoms with Crippen molar-refractivity contribution < 1.29 is 27.1 Å². The van der Waals surface area contributed by atoms with Gasteiger partial charge < -0.3 is 15.0 Å². The van der Waals surface area contributed by atoms with E-state index in [1.54, 1.807) is 31.2 Å². The first-order chi connectivity index (χ1) is 15.1. The van der Waals surface area contributed by atoms with Crippen LogP contribution in [0.4, 0.5) is 10.1 Å². The normalized spacial score (nSPS) is 12.0. The zero-order chi connectivity index (χ0) is 23.9. The number of benzene rings is 2. The summed E-state index contributed by atoms with van der Waals surface area (Å²) in [7, 11) is -1.01. The summed E-state index contributed by atoms with van der Waals surface area (Å²) in [6.45, 7) is 1.13. The number of carbonyl (C=O) groups is 2. The van der Waals surface area contributed by atoms with Gasteiger partial charge in [-0.25, -0.2) is 12.8 Å². The van der Waals surface area contributed by atoms with Gasteiger partial charge >= 0.3 is 0 Å². The number of para-hydroxylation sites is 1. The maximum Gasteiger partial charge on any atom is 0.244 e. The van der Waals surface area contributed by atoms with Crippen molar-refractivity contribution in [2.24, 2.45) is 0 Å². The van der Waals surface area contributed by atoms with Crippen molar-refractivity contribution in [3.05, 3.63) is 59.9 Å². The SMILES string of the molecule is CCC(C(=O)NC)N(Cc1cccc(OC)c1)C(=O)CN(c1ccccc1F)S(C)(=O)=O. The monoisotopic (exact) mass is 465 g/mol. The minimum Gasteiger partial charge on any atom is -0.497 e. The molecule has 174 valence electrons. The van der Waals surface area contributed by atoms with E-state index in [2.05, 4.69) is 5.32 Å². The van der Waals surface area contributed by atoms with E-state index in [-0.39, 0.29) is 18.1 Å². The fourth-order valence-corrected chi connectivity index (χ4v) is 4.15. The van der Waals surface area contributed by atoms with Crippen LogP contribution in [-0.2, 0) is 26.2 Å². The van der Waals surface area contributed by atoms with Gasteiger partial charge in [-0.1, -0.05) is 31.2 Å². The molecule has 2 aromatic rings. The predicted molar refractivity (Wildman–Crippen MR) is 120 cm³/mol. The molecule has 0 radical (unpaired) electrons. The Balaban J connectivity index is 2.45. The molecule has 1 unspecified atom stereocenters. The second-order valence-corrected chi connectivity index (χ2v) is 9.04. The van der Waals surface area contributed by atoms with E-state index in [1.165, 1.54) is 37.3 Å². The van der Waals surface area contributed by atoms with Gasteiger partial charge in [-0.3, -0.25) is 13.9 Å². The lowest BCUT2D eigenvalue weighted by Gasteiger charge is -2.32. The number of sulfonamides is 1. The molecule has 0 fully saturated rings. The van der Waals surface area contributed by atoms with Crippen LogP contribution >= 0.6 is 0 Å². The fourth-order valence-electron chi connectivity index (χ4n) is 3.30. The van der Waals surface area contributed by atoms with Crippen molar-refractivity contribution in [3.8, 4) is 5.75 Å². The summed E-state index contributed by atoms with van der Waals surface area (Å²) < 4.78 is 45.1. The summed E-state index contributed by atoms with van der Waals surface area (Å²) >= 11 is 0. The van der Waals surface area contributed by atoms with Crippen LogP contribution in [0, 0.1) is 5.82 Å². The Hall–Kier alpha value is -3.14. The van der Waals surface area contributed by atoms with E-state index >= 15 is 0 Å². The first kappa shape index (κ1) is 25.1. The number of rotatable bonds is 10. The summed E-state index contributed by atoms with van der Waals surface area (Å²) in [5.74, 6) is -1.23. The number of carbonyl (C=O) groups excluding carboxylic acids is 2. The van der Waals surface area contributed by atoms with E-state index in [4.69, 9.17) is 4.74 Å². The maximum absolute atomic E-state index is 14.4. The highest BCUT2D eigenvalue weighted by Crippen LogP contribution is 2.23. The molecule has 0 saturated carbocycles. The molecule has 0 aliphatic rings. The first-order valence-electron chi connectivity index (χ1n) is 9.98. The molecule has 2 aromatic carbocycles. The summed E-state index contributed by atoms with van der Waals surface area (Å²) in [6, 6.07) is 11.4. The number of amides is 2. The molecule has 0 aliphatic heterocycles. The number of methoxy groups -OCH3 is 1. The minimum atomic E-state index is -3.99. The summed E-state index contributed by atoms with van der Waals surface area (Å²) in [5, 5.41) is 2.53. The van der Waals surface area contributed by atoms with Crippen molar-refractivity contribution in [2.45, 2.75) is 25.9 Å². The highest BCUT2D eigenvalue weighted by Gasteiger charge is 2.32. The standard InChI is InChI=1S/C22H28FN3O5S/c1-5-19(22(28)24-2)25(14-16-9-8-10-17(13-16)31-3)21(27)15-26(32(4,29)30)20-12-7-6-11-18(20)23/h6-13,19H,5,14-15H2,1-4H3,(H,24,28). The number of nitrogens with zero attached hydrogens (tertiary/aromatic N) is 2. The molecule has 10 heteroatoms. The molecular formula is C22H28FN3O5S. The number of nitrogens with one attached hydrogen (secondary N) is 1. The Bertz CT molecular complexity index is 1060. The Morgan fingerprint density at radius 3 is 2.41 bits per heavy atom. The lowest BCUT2D eigenvalue weighted by atomic mass is 10.1. The third-order valence-electron chi connectivity index (χ3n) is 4.92. The molecule has 1 N–H and O–H groups in total. The number of ether oxygens (including phenoxy) is 1. The molecule has 8 nitrogen and oxygen atoms in total. The molecule has 2 rings (SSSR count). The van der Waals surface area contributed by atoms with Crippen molar-refractivity contribution in [1.29, 1.82) is 0 Å². The quantitative estimate of drug-likeness (QED) is 0.580. The Morgan fingerprint density at radius 2 is 1.84 bits per heavy atom. The number of hydrogen-bond acceptors (Lipinski definition) is 5. The van der Waals surface area contributed by atoms with Crippen molar-refractivity contribution in [1.82, 2.24) is 10.2 Å². The molecule has 0 heterocycles. The molecule has 1 atom stereocenters. The lowest BCUT2D eigenvalue weighted by Crippen LogP contribution is -2.51. The molecule has 32 heavy (non-hydrogen) atoms. The van der Waals surface area contributed by atoms with Gasteiger partial charge in [-0.2, -0.15) is 0 Å². The van der Waals surface area contributed by atoms with E-state index < -0.39 is 34.3 Å². The van der Waals surface area contributed by atoms with Gasteiger partial charge in [0.2, 0.25) is 21.8 Å². The van der Waals surface area contributed by atoms with Crippen LogP contribution in [0.1, 0.15) is 18.9 Å². The lowest BCUT2D eigenvalue weighted by molar-refractivity contribution is -0.140. The number of likely N-dealkylation sites (N-methyl/N-ethyl adjacent to an activating group) is 1. The van der Waals surface area contributed by atoms with Gasteiger partial charge in [0.15, 0.2) is 0 Å². The van der Waals surface area contributed by atoms with Gasteiger partial charge in [-0.05, 0) is 36.2 Å². The highest BCUT2D eigenvalue weighted by molar-refractivity contribution is 7.92. The molecule has 0 aliphatic carbocycles. The maximum atomic E-state index is 14.4. The van der Waals surface area contributed by atoms with Crippen LogP contribution < -0.4 is 14.4 Å². The molecule has 0 bridgehead atoms. The Kier molecular flexibility index (Phi) is 8.59. The number of halogens is 1. The zero-order valence-corrected chi connectivity index (χ0v) is 19.4. The second-order valence-electron chi connectivity index (χ2n) is 7.13. The van der Waals surface area contributed by atoms with Crippen molar-refractivity contribution in [2.75, 3.05) is 31.3 Å². The van der Waals surface area contributed by atoms with Crippen LogP contribution in [0.25, 0.3) is 0 Å². The fraction of sp³-hybridized carbons (Fsp3) is 0.364. The van der Waals surface area contributed by atoms with Crippen molar-refractivity contribution >= 4 is 27.5 Å². The van der Waals surface area contributed by atoms with E-state index in [0.29, 0.717) is 22.0 Å². The average molecular weight is 466 g/mol. The van der Waals surface area contributed by atoms with Gasteiger partial charge in [0, 0.05) is 13.6 Å². The average Bonchev–Trinajstić information content (AvgIpc) is 2.76. The molecule has 0 saturated heterocycles. The summed E-state index contributed by atoms with van der Waals surface area (Å²) in [4.78, 5) is 27.1. The molecule has 0 spiro atoms. The molecule has 0 aromatic heterocycles. The highest BCUT2D eigenvalue weighted by atomic mass is 32.2. The van der Waals surface area contributed by atoms with E-state index in [0.717, 1.165) is 12.3 Å². The van der Waals surface area contributed by atoms with Gasteiger partial charge in [0.05, 0.1) is 19.1 Å². The predicted octanol–water partition coefficient (Wildman–Crippen LogP) is 2.15. The van der Waals surface area contributed by atoms with Crippen LogP contribution in [-0.4, -0.2) is 58.1 Å². The molecule has 2 amide bonds. The largest absolute Gasteiger partial charge is 0.497 e. The van der Waals surface area contributed by atoms with Crippen LogP contribution in [0.15, 0.2) is 48.5 Å². The third-order valence-corrected chi connectivity index (χ3v) is 6.05. The number of hydrogen-bond donors (Lipinski definition) is 1. The summed E-state index contributed by atoms with van der Waals surface area (Å²) in [6.07, 6.45) is 1.20. The van der Waals surface area contributed by atoms with Gasteiger partial charge in [0.1, 0.15) is 24.2 Å². The first-order valence-corrected chi connectivity index (χ1v) is 11.8. The van der Waals surface area contributed by atoms with Gasteiger partial charge in [-0.15, -0.1) is 0 Å². The van der Waals surface area contributed by atoms with Gasteiger partial charge in [0.25, 0.3) is 0 Å². The van der Waals surface area contributed by atoms with E-state index in [1.807, 2.05) is 0 Å². The third kappa shape index (κ3) is 6.19. The van der Waals surface area contributed by atoms with Crippen LogP contribution in [0.5, 0.6) is 5.75 Å². The topological polar surface area (TPSA) is 96.0 Å². The Labute approximate surface area is 188 Å². The smallest absolute Gasteiger partial charge is 0.244 e. The summed E-state index contributed by atoms with van der Waals surface area (Å²) in [5.41, 5.74) is 0.453. The zero-order valence-electron chi connectivity index (χ0n) is 18.5. The minimum absolute atomic E-state index is 0.0385. The van der Waals surface area contributed by atoms with Crippen molar-refractivity contribution in [3.63, 3.8) is 0 Å². The van der Waals surface area contributed by atoms with Crippen LogP contribution in [0.3, 0.4) is 0 Å². The van der Waals surface area contributed by atoms with E-state index in [9.17, 15) is 22.4 Å².